The molecule has 10 heteroatoms. The molecule has 0 spiro atoms. The first-order valence-electron chi connectivity index (χ1n) is 10.1. The van der Waals surface area contributed by atoms with E-state index in [1.165, 1.54) is 11.3 Å². The van der Waals surface area contributed by atoms with Gasteiger partial charge in [0.1, 0.15) is 6.04 Å². The van der Waals surface area contributed by atoms with Crippen LogP contribution in [0.2, 0.25) is 0 Å². The van der Waals surface area contributed by atoms with Crippen molar-refractivity contribution in [3.05, 3.63) is 44.6 Å². The van der Waals surface area contributed by atoms with Gasteiger partial charge in [-0.3, -0.25) is 19.0 Å². The van der Waals surface area contributed by atoms with Crippen LogP contribution in [0, 0.1) is 11.3 Å². The monoisotopic (exact) mass is 524 g/mol. The standard InChI is InChI=1S/C22H29BrN4O4S/c1-13(2)18(24)20(30)31-12-27-8-9-32-21(27)26-19(29)14-6-7-16(15(23)10-14)25-17(28)11-22(3,4)5/h6-10,13,18H,11-12,24H2,1-5H3,(H,25,28)/b26-21-/t18-/m0/s1. The number of aromatic nitrogens is 1. The van der Waals surface area contributed by atoms with Gasteiger partial charge in [0.05, 0.1) is 5.69 Å². The predicted octanol–water partition coefficient (Wildman–Crippen LogP) is 3.91. The number of hydrogen-bond donors (Lipinski definition) is 2. The van der Waals surface area contributed by atoms with Gasteiger partial charge in [-0.2, -0.15) is 4.99 Å². The van der Waals surface area contributed by atoms with Gasteiger partial charge in [-0.1, -0.05) is 34.6 Å². The number of nitrogens with zero attached hydrogens (tertiary/aromatic N) is 2. The van der Waals surface area contributed by atoms with E-state index in [1.54, 1.807) is 34.3 Å². The minimum absolute atomic E-state index is 0.0413. The molecule has 0 radical (unpaired) electrons. The average molecular weight is 525 g/mol. The van der Waals surface area contributed by atoms with Gasteiger partial charge in [0.25, 0.3) is 5.91 Å². The number of benzene rings is 1. The van der Waals surface area contributed by atoms with E-state index in [9.17, 15) is 14.4 Å². The molecule has 1 aromatic carbocycles. The molecule has 8 nitrogen and oxygen atoms in total. The molecule has 1 atom stereocenters. The van der Waals surface area contributed by atoms with Crippen molar-refractivity contribution in [2.75, 3.05) is 5.32 Å². The third-order valence-corrected chi connectivity index (χ3v) is 5.82. The van der Waals surface area contributed by atoms with E-state index in [0.29, 0.717) is 26.9 Å². The van der Waals surface area contributed by atoms with Crippen molar-refractivity contribution in [3.63, 3.8) is 0 Å². The van der Waals surface area contributed by atoms with E-state index >= 15 is 0 Å². The highest BCUT2D eigenvalue weighted by molar-refractivity contribution is 9.10. The summed E-state index contributed by atoms with van der Waals surface area (Å²) in [7, 11) is 0. The van der Waals surface area contributed by atoms with Crippen LogP contribution in [0.3, 0.4) is 0 Å². The molecule has 0 saturated heterocycles. The normalized spacial score (nSPS) is 13.2. The fourth-order valence-corrected chi connectivity index (χ4v) is 3.76. The quantitative estimate of drug-likeness (QED) is 0.532. The van der Waals surface area contributed by atoms with Gasteiger partial charge in [-0.25, -0.2) is 0 Å². The molecular formula is C22H29BrN4O4S. The second-order valence-corrected chi connectivity index (χ2v) is 10.6. The van der Waals surface area contributed by atoms with Crippen LogP contribution in [0.15, 0.2) is 39.2 Å². The van der Waals surface area contributed by atoms with Crippen molar-refractivity contribution >= 4 is 50.7 Å². The number of nitrogens with one attached hydrogen (secondary N) is 1. The first-order valence-corrected chi connectivity index (χ1v) is 11.8. The number of amides is 2. The first-order chi connectivity index (χ1) is 14.9. The second-order valence-electron chi connectivity index (χ2n) is 8.91. The van der Waals surface area contributed by atoms with Gasteiger partial charge in [-0.05, 0) is 45.5 Å². The van der Waals surface area contributed by atoms with Gasteiger partial charge in [0.15, 0.2) is 11.5 Å². The Hall–Kier alpha value is -2.30. The molecule has 0 aliphatic carbocycles. The fraction of sp³-hybridized carbons (Fsp3) is 0.455. The van der Waals surface area contributed by atoms with Crippen LogP contribution in [0.5, 0.6) is 0 Å². The maximum absolute atomic E-state index is 12.7. The molecule has 2 amide bonds. The highest BCUT2D eigenvalue weighted by Gasteiger charge is 2.19. The Morgan fingerprint density at radius 1 is 1.28 bits per heavy atom. The van der Waals surface area contributed by atoms with Crippen molar-refractivity contribution in [1.29, 1.82) is 0 Å². The molecule has 1 heterocycles. The molecule has 0 aliphatic heterocycles. The van der Waals surface area contributed by atoms with E-state index in [2.05, 4.69) is 26.2 Å². The number of nitrogens with two attached hydrogens (primary N) is 1. The Morgan fingerprint density at radius 2 is 1.97 bits per heavy atom. The number of carbonyl (C=O) groups excluding carboxylic acids is 3. The molecule has 0 unspecified atom stereocenters. The van der Waals surface area contributed by atoms with Gasteiger partial charge in [0.2, 0.25) is 5.91 Å². The van der Waals surface area contributed by atoms with Crippen molar-refractivity contribution in [1.82, 2.24) is 4.57 Å². The second kappa shape index (κ2) is 11.0. The Kier molecular flexibility index (Phi) is 8.94. The summed E-state index contributed by atoms with van der Waals surface area (Å²) in [5.74, 6) is -1.11. The topological polar surface area (TPSA) is 116 Å². The van der Waals surface area contributed by atoms with Crippen molar-refractivity contribution < 1.29 is 19.1 Å². The summed E-state index contributed by atoms with van der Waals surface area (Å²) >= 11 is 4.65. The van der Waals surface area contributed by atoms with E-state index in [-0.39, 0.29) is 24.0 Å². The lowest BCUT2D eigenvalue weighted by Crippen LogP contribution is -2.37. The Labute approximate surface area is 200 Å². The number of carbonyl (C=O) groups is 3. The number of halogens is 1. The SMILES string of the molecule is CC(C)[C@H](N)C(=O)OCn1ccs/c1=N\C(=O)c1ccc(NC(=O)CC(C)(C)C)c(Br)c1. The zero-order chi connectivity index (χ0) is 24.1. The Morgan fingerprint density at radius 3 is 2.56 bits per heavy atom. The summed E-state index contributed by atoms with van der Waals surface area (Å²) < 4.78 is 7.37. The molecule has 2 rings (SSSR count). The van der Waals surface area contributed by atoms with E-state index < -0.39 is 17.9 Å². The minimum atomic E-state index is -0.712. The zero-order valence-electron chi connectivity index (χ0n) is 18.8. The summed E-state index contributed by atoms with van der Waals surface area (Å²) in [6, 6.07) is 4.16. The largest absolute Gasteiger partial charge is 0.443 e. The summed E-state index contributed by atoms with van der Waals surface area (Å²) in [5, 5.41) is 4.59. The van der Waals surface area contributed by atoms with Crippen LogP contribution in [-0.2, 0) is 21.1 Å². The minimum Gasteiger partial charge on any atom is -0.443 e. The summed E-state index contributed by atoms with van der Waals surface area (Å²) in [6.07, 6.45) is 2.05. The molecule has 2 aromatic rings. The molecule has 32 heavy (non-hydrogen) atoms. The average Bonchev–Trinajstić information content (AvgIpc) is 3.12. The Bertz CT molecular complexity index is 1050. The molecule has 0 aliphatic rings. The van der Waals surface area contributed by atoms with Crippen molar-refractivity contribution in [2.24, 2.45) is 22.1 Å². The van der Waals surface area contributed by atoms with E-state index in [0.717, 1.165) is 0 Å². The number of thiazole rings is 1. The van der Waals surface area contributed by atoms with Crippen LogP contribution >= 0.6 is 27.3 Å². The molecule has 1 aromatic heterocycles. The highest BCUT2D eigenvalue weighted by atomic mass is 79.9. The molecule has 3 N–H and O–H groups in total. The van der Waals surface area contributed by atoms with Crippen LogP contribution in [0.4, 0.5) is 5.69 Å². The lowest BCUT2D eigenvalue weighted by molar-refractivity contribution is -0.150. The van der Waals surface area contributed by atoms with Gasteiger partial charge >= 0.3 is 5.97 Å². The van der Waals surface area contributed by atoms with Crippen molar-refractivity contribution in [2.45, 2.75) is 53.8 Å². The lowest BCUT2D eigenvalue weighted by Gasteiger charge is -2.17. The van der Waals surface area contributed by atoms with Gasteiger partial charge in [-0.15, -0.1) is 11.3 Å². The molecule has 0 bridgehead atoms. The number of rotatable bonds is 7. The molecule has 0 fully saturated rings. The van der Waals surface area contributed by atoms with Crippen LogP contribution < -0.4 is 15.9 Å². The summed E-state index contributed by atoms with van der Waals surface area (Å²) in [6.45, 7) is 9.55. The smallest absolute Gasteiger partial charge is 0.324 e. The van der Waals surface area contributed by atoms with Crippen LogP contribution in [0.25, 0.3) is 0 Å². The molecule has 0 saturated carbocycles. The molecular weight excluding hydrogens is 496 g/mol. The van der Waals surface area contributed by atoms with Crippen LogP contribution in [0.1, 0.15) is 51.4 Å². The van der Waals surface area contributed by atoms with E-state index in [4.69, 9.17) is 10.5 Å². The molecule has 174 valence electrons. The van der Waals surface area contributed by atoms with Gasteiger partial charge < -0.3 is 15.8 Å². The van der Waals surface area contributed by atoms with Crippen molar-refractivity contribution in [3.8, 4) is 0 Å². The zero-order valence-corrected chi connectivity index (χ0v) is 21.2. The fourth-order valence-electron chi connectivity index (χ4n) is 2.56. The predicted molar refractivity (Wildman–Crippen MR) is 128 cm³/mol. The number of anilines is 1. The number of hydrogen-bond acceptors (Lipinski definition) is 6. The number of ether oxygens (including phenoxy) is 1. The highest BCUT2D eigenvalue weighted by Crippen LogP contribution is 2.26. The third-order valence-electron chi connectivity index (χ3n) is 4.37. The maximum Gasteiger partial charge on any atom is 0.324 e. The number of esters is 1. The van der Waals surface area contributed by atoms with Gasteiger partial charge in [0, 0.05) is 28.0 Å². The summed E-state index contributed by atoms with van der Waals surface area (Å²) in [4.78, 5) is 41.3. The maximum atomic E-state index is 12.7. The Balaban J connectivity index is 2.11. The van der Waals surface area contributed by atoms with Crippen LogP contribution in [-0.4, -0.2) is 28.4 Å². The summed E-state index contributed by atoms with van der Waals surface area (Å²) in [5.41, 5.74) is 6.59. The first kappa shape index (κ1) is 26.0. The van der Waals surface area contributed by atoms with E-state index in [1.807, 2.05) is 34.6 Å². The lowest BCUT2D eigenvalue weighted by atomic mass is 9.92. The third kappa shape index (κ3) is 7.68.